The maximum absolute atomic E-state index is 13.5. The number of pyridine rings is 1. The Kier molecular flexibility index (Phi) is 7.17. The number of imidazole rings is 1. The molecule has 4 aromatic rings. The van der Waals surface area contributed by atoms with E-state index in [0.29, 0.717) is 18.3 Å². The summed E-state index contributed by atoms with van der Waals surface area (Å²) in [6.45, 7) is 2.71. The van der Waals surface area contributed by atoms with E-state index < -0.39 is 11.2 Å². The number of benzene rings is 1. The highest BCUT2D eigenvalue weighted by molar-refractivity contribution is 5.66. The lowest BCUT2D eigenvalue weighted by Crippen LogP contribution is -2.46. The molecule has 3 heterocycles. The smallest absolute Gasteiger partial charge is 0.431 e. The SMILES string of the molecule is CCCOc1[nH]c2c(c(=O)n(CCCO)c(=O)n2Cc2cccnc2)[n+]1Cc1ccc(F)cc1. The predicted molar refractivity (Wildman–Crippen MR) is 123 cm³/mol. The van der Waals surface area contributed by atoms with E-state index in [9.17, 15) is 19.1 Å². The van der Waals surface area contributed by atoms with Crippen molar-refractivity contribution in [3.05, 3.63) is 86.6 Å². The van der Waals surface area contributed by atoms with Crippen molar-refractivity contribution in [2.75, 3.05) is 13.2 Å². The quantitative estimate of drug-likeness (QED) is 0.344. The third kappa shape index (κ3) is 4.76. The summed E-state index contributed by atoms with van der Waals surface area (Å²) in [5, 5.41) is 9.31. The van der Waals surface area contributed by atoms with E-state index in [4.69, 9.17) is 4.74 Å². The van der Waals surface area contributed by atoms with E-state index in [1.165, 1.54) is 16.7 Å². The van der Waals surface area contributed by atoms with Gasteiger partial charge in [0.25, 0.3) is 11.2 Å². The minimum absolute atomic E-state index is 0.0734. The standard InChI is InChI=1S/C24H26FN5O4/c1-2-13-34-23-27-21-20(29(23)15-17-6-8-19(25)9-7-17)22(32)28(11-4-12-31)24(33)30(21)16-18-5-3-10-26-14-18/h3,5-10,14,31H,2,4,11-13,15-16H2,1H3/p+1. The second kappa shape index (κ2) is 10.4. The van der Waals surface area contributed by atoms with Crippen LogP contribution >= 0.6 is 0 Å². The van der Waals surface area contributed by atoms with E-state index >= 15 is 0 Å². The molecule has 10 heteroatoms. The first-order valence-electron chi connectivity index (χ1n) is 11.2. The molecule has 0 aliphatic rings. The number of aliphatic hydroxyl groups is 1. The van der Waals surface area contributed by atoms with Crippen LogP contribution in [-0.2, 0) is 19.6 Å². The molecule has 9 nitrogen and oxygen atoms in total. The average molecular weight is 469 g/mol. The Morgan fingerprint density at radius 2 is 1.94 bits per heavy atom. The number of halogens is 1. The molecule has 0 aliphatic heterocycles. The van der Waals surface area contributed by atoms with Gasteiger partial charge >= 0.3 is 17.3 Å². The molecule has 0 radical (unpaired) electrons. The summed E-state index contributed by atoms with van der Waals surface area (Å²) in [6.07, 6.45) is 4.31. The normalized spacial score (nSPS) is 11.3. The highest BCUT2D eigenvalue weighted by Gasteiger charge is 2.29. The second-order valence-corrected chi connectivity index (χ2v) is 7.95. The number of hydrogen-bond donors (Lipinski definition) is 2. The van der Waals surface area contributed by atoms with Crippen molar-refractivity contribution in [3.8, 4) is 6.01 Å². The van der Waals surface area contributed by atoms with Crippen molar-refractivity contribution in [2.45, 2.75) is 39.4 Å². The Morgan fingerprint density at radius 3 is 2.62 bits per heavy atom. The van der Waals surface area contributed by atoms with Crippen LogP contribution in [0.2, 0.25) is 0 Å². The first-order chi connectivity index (χ1) is 16.5. The van der Waals surface area contributed by atoms with E-state index in [1.54, 1.807) is 35.2 Å². The molecule has 4 rings (SSSR count). The number of H-pyrrole nitrogens is 1. The van der Waals surface area contributed by atoms with E-state index in [0.717, 1.165) is 22.1 Å². The molecule has 34 heavy (non-hydrogen) atoms. The molecule has 0 spiro atoms. The molecule has 0 bridgehead atoms. The second-order valence-electron chi connectivity index (χ2n) is 7.95. The molecule has 0 atom stereocenters. The van der Waals surface area contributed by atoms with Crippen LogP contribution in [0.15, 0.2) is 58.4 Å². The van der Waals surface area contributed by atoms with E-state index in [-0.39, 0.29) is 44.0 Å². The van der Waals surface area contributed by atoms with Crippen LogP contribution in [0.3, 0.4) is 0 Å². The van der Waals surface area contributed by atoms with Gasteiger partial charge in [-0.05, 0) is 42.2 Å². The molecule has 0 fully saturated rings. The zero-order chi connectivity index (χ0) is 24.1. The number of aliphatic hydroxyl groups excluding tert-OH is 1. The van der Waals surface area contributed by atoms with Crippen molar-refractivity contribution < 1.29 is 18.8 Å². The molecule has 0 unspecified atom stereocenters. The zero-order valence-electron chi connectivity index (χ0n) is 18.9. The van der Waals surface area contributed by atoms with Crippen molar-refractivity contribution >= 4 is 11.2 Å². The Labute approximate surface area is 194 Å². The average Bonchev–Trinajstić information content (AvgIpc) is 3.20. The van der Waals surface area contributed by atoms with Gasteiger partial charge in [0.15, 0.2) is 0 Å². The molecule has 3 aromatic heterocycles. The van der Waals surface area contributed by atoms with E-state index in [1.807, 2.05) is 13.0 Å². The summed E-state index contributed by atoms with van der Waals surface area (Å²) in [6, 6.07) is 9.94. The molecular formula is C24H27FN5O4+. The Bertz CT molecular complexity index is 1380. The minimum Gasteiger partial charge on any atom is -0.431 e. The fourth-order valence-electron chi connectivity index (χ4n) is 3.81. The van der Waals surface area contributed by atoms with Gasteiger partial charge in [-0.3, -0.25) is 18.9 Å². The zero-order valence-corrected chi connectivity index (χ0v) is 18.9. The van der Waals surface area contributed by atoms with Crippen LogP contribution < -0.4 is 20.6 Å². The van der Waals surface area contributed by atoms with Gasteiger partial charge in [-0.1, -0.05) is 25.1 Å². The van der Waals surface area contributed by atoms with Crippen LogP contribution in [-0.4, -0.2) is 37.4 Å². The van der Waals surface area contributed by atoms with Crippen molar-refractivity contribution in [2.24, 2.45) is 0 Å². The fraction of sp³-hybridized carbons (Fsp3) is 0.333. The molecule has 0 saturated carbocycles. The molecule has 0 amide bonds. The van der Waals surface area contributed by atoms with Crippen molar-refractivity contribution in [1.82, 2.24) is 19.1 Å². The fourth-order valence-corrected chi connectivity index (χ4v) is 3.81. The topological polar surface area (TPSA) is 106 Å². The van der Waals surface area contributed by atoms with Gasteiger partial charge in [0, 0.05) is 25.5 Å². The summed E-state index contributed by atoms with van der Waals surface area (Å²) in [4.78, 5) is 34.1. The molecular weight excluding hydrogens is 441 g/mol. The maximum atomic E-state index is 13.5. The largest absolute Gasteiger partial charge is 0.456 e. The predicted octanol–water partition coefficient (Wildman–Crippen LogP) is 1.58. The lowest BCUT2D eigenvalue weighted by molar-refractivity contribution is -0.668. The van der Waals surface area contributed by atoms with Gasteiger partial charge in [0.05, 0.1) is 13.2 Å². The Balaban J connectivity index is 1.96. The van der Waals surface area contributed by atoms with Crippen LogP contribution in [0.25, 0.3) is 11.2 Å². The van der Waals surface area contributed by atoms with Gasteiger partial charge in [-0.2, -0.15) is 9.55 Å². The summed E-state index contributed by atoms with van der Waals surface area (Å²) in [5.74, 6) is -0.355. The van der Waals surface area contributed by atoms with Crippen LogP contribution in [0.1, 0.15) is 30.9 Å². The Morgan fingerprint density at radius 1 is 1.15 bits per heavy atom. The third-order valence-electron chi connectivity index (χ3n) is 5.44. The van der Waals surface area contributed by atoms with Gasteiger partial charge in [0.2, 0.25) is 0 Å². The van der Waals surface area contributed by atoms with Crippen molar-refractivity contribution in [3.63, 3.8) is 0 Å². The summed E-state index contributed by atoms with van der Waals surface area (Å²) < 4.78 is 23.6. The number of nitrogens with zero attached hydrogens (tertiary/aromatic N) is 4. The Hall–Kier alpha value is -3.79. The molecule has 0 aliphatic carbocycles. The highest BCUT2D eigenvalue weighted by atomic mass is 19.1. The molecule has 2 N–H and O–H groups in total. The lowest BCUT2D eigenvalue weighted by Gasteiger charge is -2.10. The lowest BCUT2D eigenvalue weighted by atomic mass is 10.2. The highest BCUT2D eigenvalue weighted by Crippen LogP contribution is 2.14. The maximum Gasteiger partial charge on any atom is 0.456 e. The molecule has 1 aromatic carbocycles. The van der Waals surface area contributed by atoms with Crippen LogP contribution in [0, 0.1) is 5.82 Å². The number of aromatic nitrogens is 5. The number of aromatic amines is 1. The third-order valence-corrected chi connectivity index (χ3v) is 5.44. The van der Waals surface area contributed by atoms with Gasteiger partial charge in [0.1, 0.15) is 12.4 Å². The summed E-state index contributed by atoms with van der Waals surface area (Å²) >= 11 is 0. The van der Waals surface area contributed by atoms with Gasteiger partial charge < -0.3 is 9.84 Å². The number of rotatable bonds is 10. The number of nitrogens with one attached hydrogen (secondary N) is 1. The van der Waals surface area contributed by atoms with Crippen LogP contribution in [0.4, 0.5) is 4.39 Å². The summed E-state index contributed by atoms with van der Waals surface area (Å²) in [5.41, 5.74) is 1.16. The van der Waals surface area contributed by atoms with Crippen molar-refractivity contribution in [1.29, 1.82) is 0 Å². The monoisotopic (exact) mass is 468 g/mol. The van der Waals surface area contributed by atoms with Crippen LogP contribution in [0.5, 0.6) is 6.01 Å². The minimum atomic E-state index is -0.493. The molecule has 0 saturated heterocycles. The van der Waals surface area contributed by atoms with E-state index in [2.05, 4.69) is 9.97 Å². The summed E-state index contributed by atoms with van der Waals surface area (Å²) in [7, 11) is 0. The van der Waals surface area contributed by atoms with Gasteiger partial charge in [-0.25, -0.2) is 9.18 Å². The first-order valence-corrected chi connectivity index (χ1v) is 11.2. The number of hydrogen-bond acceptors (Lipinski definition) is 5. The number of fused-ring (bicyclic) bond motifs is 1. The van der Waals surface area contributed by atoms with Gasteiger partial charge in [-0.15, -0.1) is 0 Å². The first kappa shape index (κ1) is 23.4. The molecule has 178 valence electrons. The number of ether oxygens (including phenoxy) is 1.